The van der Waals surface area contributed by atoms with E-state index in [1.165, 1.54) is 24.3 Å². The number of ether oxygens (including phenoxy) is 1. The van der Waals surface area contributed by atoms with Crippen LogP contribution in [0.25, 0.3) is 0 Å². The summed E-state index contributed by atoms with van der Waals surface area (Å²) in [4.78, 5) is -0.195. The minimum absolute atomic E-state index is 0.0108. The topological polar surface area (TPSA) is 55.4 Å². The van der Waals surface area contributed by atoms with Crippen molar-refractivity contribution in [1.82, 2.24) is 0 Å². The van der Waals surface area contributed by atoms with Gasteiger partial charge in [0.15, 0.2) is 17.4 Å². The first-order valence-electron chi connectivity index (χ1n) is 8.60. The van der Waals surface area contributed by atoms with Gasteiger partial charge in [0.05, 0.1) is 21.2 Å². The quantitative estimate of drug-likeness (QED) is 0.402. The summed E-state index contributed by atoms with van der Waals surface area (Å²) in [7, 11) is -4.26. The van der Waals surface area contributed by atoms with E-state index in [4.69, 9.17) is 16.3 Å². The van der Waals surface area contributed by atoms with Crippen LogP contribution in [0.2, 0.25) is 5.02 Å². The van der Waals surface area contributed by atoms with Gasteiger partial charge in [-0.2, -0.15) is 13.2 Å². The molecule has 0 bridgehead atoms. The molecule has 170 valence electrons. The lowest BCUT2D eigenvalue weighted by Gasteiger charge is -2.15. The Kier molecular flexibility index (Phi) is 6.34. The smallest absolute Gasteiger partial charge is 0.416 e. The van der Waals surface area contributed by atoms with Crippen LogP contribution in [0, 0.1) is 24.4 Å². The Hall–Kier alpha value is -2.92. The van der Waals surface area contributed by atoms with Crippen molar-refractivity contribution in [3.8, 4) is 11.5 Å². The van der Waals surface area contributed by atoms with Crippen LogP contribution in [-0.2, 0) is 16.2 Å². The van der Waals surface area contributed by atoms with Crippen molar-refractivity contribution in [2.75, 3.05) is 4.72 Å². The third-order valence-corrected chi connectivity index (χ3v) is 5.81. The molecule has 0 radical (unpaired) electrons. The van der Waals surface area contributed by atoms with Crippen molar-refractivity contribution in [2.24, 2.45) is 0 Å². The number of hydrogen-bond donors (Lipinski definition) is 1. The van der Waals surface area contributed by atoms with Gasteiger partial charge in [0, 0.05) is 6.07 Å². The van der Waals surface area contributed by atoms with E-state index >= 15 is 0 Å². The van der Waals surface area contributed by atoms with Crippen molar-refractivity contribution in [3.63, 3.8) is 0 Å². The first kappa shape index (κ1) is 23.7. The molecule has 0 aromatic heterocycles. The van der Waals surface area contributed by atoms with Crippen LogP contribution in [0.3, 0.4) is 0 Å². The van der Waals surface area contributed by atoms with Gasteiger partial charge in [0.25, 0.3) is 10.0 Å². The fourth-order valence-electron chi connectivity index (χ4n) is 2.54. The van der Waals surface area contributed by atoms with E-state index in [2.05, 4.69) is 0 Å². The molecular formula is C20H12ClF6NO3S. The van der Waals surface area contributed by atoms with Gasteiger partial charge >= 0.3 is 6.18 Å². The summed E-state index contributed by atoms with van der Waals surface area (Å²) in [5, 5.41) is -0.514. The standard InChI is InChI=1S/C20H12ClF6NO3S/c1-10-2-4-12(5-3-10)32(29,30)28-17-9-18(13(21)8-14(17)22)31-19-15(23)6-11(7-16(19)24)20(25,26)27/h2-9,28H,1H3. The number of anilines is 1. The molecule has 0 fully saturated rings. The SMILES string of the molecule is Cc1ccc(S(=O)(=O)Nc2cc(Oc3c(F)cc(C(F)(F)F)cc3F)c(Cl)cc2F)cc1. The summed E-state index contributed by atoms with van der Waals surface area (Å²) in [5.41, 5.74) is -1.48. The van der Waals surface area contributed by atoms with Crippen LogP contribution in [0.1, 0.15) is 11.1 Å². The lowest BCUT2D eigenvalue weighted by molar-refractivity contribution is -0.138. The third-order valence-electron chi connectivity index (χ3n) is 4.13. The Labute approximate surface area is 183 Å². The molecule has 12 heteroatoms. The molecule has 0 saturated heterocycles. The number of rotatable bonds is 5. The summed E-state index contributed by atoms with van der Waals surface area (Å²) in [6.07, 6.45) is -5.00. The average Bonchev–Trinajstić information content (AvgIpc) is 2.67. The maximum absolute atomic E-state index is 14.3. The van der Waals surface area contributed by atoms with E-state index < -0.39 is 61.4 Å². The minimum Gasteiger partial charge on any atom is -0.450 e. The maximum atomic E-state index is 14.3. The first-order valence-corrected chi connectivity index (χ1v) is 10.5. The highest BCUT2D eigenvalue weighted by molar-refractivity contribution is 7.92. The second-order valence-corrected chi connectivity index (χ2v) is 8.64. The molecule has 0 spiro atoms. The van der Waals surface area contributed by atoms with Crippen molar-refractivity contribution >= 4 is 27.3 Å². The van der Waals surface area contributed by atoms with Crippen LogP contribution in [0.5, 0.6) is 11.5 Å². The van der Waals surface area contributed by atoms with Crippen LogP contribution in [-0.4, -0.2) is 8.42 Å². The predicted octanol–water partition coefficient (Wildman–Crippen LogP) is 6.68. The number of aryl methyl sites for hydroxylation is 1. The summed E-state index contributed by atoms with van der Waals surface area (Å²) < 4.78 is 112. The average molecular weight is 496 g/mol. The first-order chi connectivity index (χ1) is 14.8. The summed E-state index contributed by atoms with van der Waals surface area (Å²) in [5.74, 6) is -6.36. The fraction of sp³-hybridized carbons (Fsp3) is 0.100. The monoisotopic (exact) mass is 495 g/mol. The molecule has 0 saturated carbocycles. The molecule has 0 aliphatic rings. The van der Waals surface area contributed by atoms with Crippen molar-refractivity contribution in [2.45, 2.75) is 18.0 Å². The van der Waals surface area contributed by atoms with Gasteiger partial charge in [0.1, 0.15) is 11.6 Å². The zero-order valence-corrected chi connectivity index (χ0v) is 17.5. The Morgan fingerprint density at radius 2 is 1.47 bits per heavy atom. The third kappa shape index (κ3) is 5.10. The molecule has 3 rings (SSSR count). The maximum Gasteiger partial charge on any atom is 0.416 e. The molecule has 0 atom stereocenters. The molecule has 3 aromatic carbocycles. The zero-order chi connectivity index (χ0) is 23.8. The second-order valence-electron chi connectivity index (χ2n) is 6.55. The van der Waals surface area contributed by atoms with E-state index in [0.29, 0.717) is 12.1 Å². The Balaban J connectivity index is 1.97. The summed E-state index contributed by atoms with van der Waals surface area (Å²) >= 11 is 5.80. The molecule has 3 aromatic rings. The molecule has 0 unspecified atom stereocenters. The van der Waals surface area contributed by atoms with Crippen molar-refractivity contribution in [3.05, 3.63) is 82.1 Å². The largest absolute Gasteiger partial charge is 0.450 e. The van der Waals surface area contributed by atoms with Gasteiger partial charge in [-0.25, -0.2) is 21.6 Å². The highest BCUT2D eigenvalue weighted by Gasteiger charge is 2.33. The molecule has 0 heterocycles. The zero-order valence-electron chi connectivity index (χ0n) is 15.9. The van der Waals surface area contributed by atoms with Crippen LogP contribution in [0.15, 0.2) is 53.4 Å². The van der Waals surface area contributed by atoms with Crippen LogP contribution >= 0.6 is 11.6 Å². The molecule has 1 N–H and O–H groups in total. The van der Waals surface area contributed by atoms with Gasteiger partial charge in [-0.15, -0.1) is 0 Å². The number of nitrogens with one attached hydrogen (secondary N) is 1. The number of hydrogen-bond acceptors (Lipinski definition) is 3. The van der Waals surface area contributed by atoms with E-state index in [1.807, 2.05) is 4.72 Å². The number of benzene rings is 3. The summed E-state index contributed by atoms with van der Waals surface area (Å²) in [6.45, 7) is 1.73. The predicted molar refractivity (Wildman–Crippen MR) is 105 cm³/mol. The van der Waals surface area contributed by atoms with Gasteiger partial charge in [0.2, 0.25) is 0 Å². The number of alkyl halides is 3. The van der Waals surface area contributed by atoms with Crippen LogP contribution < -0.4 is 9.46 Å². The van der Waals surface area contributed by atoms with Crippen molar-refractivity contribution in [1.29, 1.82) is 0 Å². The van der Waals surface area contributed by atoms with Gasteiger partial charge < -0.3 is 4.74 Å². The van der Waals surface area contributed by atoms with Gasteiger partial charge in [-0.1, -0.05) is 29.3 Å². The number of halogens is 7. The summed E-state index contributed by atoms with van der Waals surface area (Å²) in [6, 6.07) is 6.91. The molecule has 4 nitrogen and oxygen atoms in total. The second kappa shape index (κ2) is 8.55. The van der Waals surface area contributed by atoms with Gasteiger partial charge in [-0.05, 0) is 37.3 Å². The van der Waals surface area contributed by atoms with E-state index in [9.17, 15) is 34.8 Å². The molecular weight excluding hydrogens is 484 g/mol. The van der Waals surface area contributed by atoms with Crippen molar-refractivity contribution < 1.29 is 39.5 Å². The van der Waals surface area contributed by atoms with Gasteiger partial charge in [-0.3, -0.25) is 4.72 Å². The fourth-order valence-corrected chi connectivity index (χ4v) is 3.78. The van der Waals surface area contributed by atoms with E-state index in [0.717, 1.165) is 5.56 Å². The van der Waals surface area contributed by atoms with Crippen LogP contribution in [0.4, 0.5) is 32.0 Å². The van der Waals surface area contributed by atoms with E-state index in [1.54, 1.807) is 6.92 Å². The lowest BCUT2D eigenvalue weighted by Crippen LogP contribution is -2.14. The Morgan fingerprint density at radius 3 is 2.00 bits per heavy atom. The highest BCUT2D eigenvalue weighted by atomic mass is 35.5. The van der Waals surface area contributed by atoms with E-state index in [-0.39, 0.29) is 17.0 Å². The normalized spacial score (nSPS) is 12.0. The molecule has 32 heavy (non-hydrogen) atoms. The highest BCUT2D eigenvalue weighted by Crippen LogP contribution is 2.39. The minimum atomic E-state index is -5.00. The lowest BCUT2D eigenvalue weighted by atomic mass is 10.2. The Morgan fingerprint density at radius 1 is 0.906 bits per heavy atom. The number of sulfonamides is 1. The molecule has 0 amide bonds. The Bertz CT molecular complexity index is 1250. The molecule has 0 aliphatic heterocycles. The molecule has 0 aliphatic carbocycles.